The van der Waals surface area contributed by atoms with Crippen molar-refractivity contribution in [3.63, 3.8) is 0 Å². The Balaban J connectivity index is 2.25. The van der Waals surface area contributed by atoms with Gasteiger partial charge in [-0.3, -0.25) is 14.4 Å². The van der Waals surface area contributed by atoms with Crippen molar-refractivity contribution in [3.8, 4) is 0 Å². The third-order valence-electron chi connectivity index (χ3n) is 6.64. The second-order valence-corrected chi connectivity index (χ2v) is 10.1. The van der Waals surface area contributed by atoms with Crippen LogP contribution in [0.1, 0.15) is 36.0 Å². The Labute approximate surface area is 255 Å². The highest BCUT2D eigenvalue weighted by molar-refractivity contribution is 6.58. The van der Waals surface area contributed by atoms with Gasteiger partial charge in [0.1, 0.15) is 6.04 Å². The molecule has 0 aliphatic heterocycles. The summed E-state index contributed by atoms with van der Waals surface area (Å²) in [5.41, 5.74) is 14.1. The number of amides is 3. The van der Waals surface area contributed by atoms with Crippen LogP contribution in [0.25, 0.3) is 0 Å². The van der Waals surface area contributed by atoms with Crippen LogP contribution in [-0.4, -0.2) is 78.1 Å². The molecular formula is C27H35BF6N6O5. The van der Waals surface area contributed by atoms with Gasteiger partial charge in [0.25, 0.3) is 0 Å². The topological polar surface area (TPSA) is 197 Å². The lowest BCUT2D eigenvalue weighted by Gasteiger charge is -2.23. The van der Waals surface area contributed by atoms with Crippen molar-refractivity contribution in [2.24, 2.45) is 17.2 Å². The average Bonchev–Trinajstić information content (AvgIpc) is 2.96. The van der Waals surface area contributed by atoms with Crippen LogP contribution >= 0.6 is 0 Å². The molecule has 45 heavy (non-hydrogen) atoms. The van der Waals surface area contributed by atoms with Gasteiger partial charge < -0.3 is 42.8 Å². The van der Waals surface area contributed by atoms with Crippen LogP contribution in [0.5, 0.6) is 0 Å². The molecule has 3 amide bonds. The van der Waals surface area contributed by atoms with Crippen LogP contribution in [0.2, 0.25) is 0 Å². The minimum Gasteiger partial charge on any atom is -0.423 e. The molecule has 0 bridgehead atoms. The minimum absolute atomic E-state index is 0.0411. The van der Waals surface area contributed by atoms with Gasteiger partial charge in [0.15, 0.2) is 0 Å². The van der Waals surface area contributed by atoms with Crippen LogP contribution < -0.4 is 33.3 Å². The van der Waals surface area contributed by atoms with Crippen LogP contribution in [-0.2, 0) is 33.2 Å². The molecule has 18 heteroatoms. The van der Waals surface area contributed by atoms with E-state index >= 15 is 0 Å². The zero-order valence-electron chi connectivity index (χ0n) is 24.0. The Kier molecular flexibility index (Phi) is 13.8. The summed E-state index contributed by atoms with van der Waals surface area (Å²) in [6.07, 6.45) is -10.1. The van der Waals surface area contributed by atoms with E-state index in [4.69, 9.17) is 17.2 Å². The number of nitrogens with two attached hydrogens (primary N) is 3. The van der Waals surface area contributed by atoms with E-state index in [-0.39, 0.29) is 57.8 Å². The maximum Gasteiger partial charge on any atom is 0.488 e. The smallest absolute Gasteiger partial charge is 0.423 e. The SMILES string of the molecule is NCCN(CCN)C(=O)CCC(N)C(=O)NC(CCc1ccc(C(F)(F)F)cc1)C(=O)Nc1cc(B(O)O)cc(C(F)(F)F)c1. The van der Waals surface area contributed by atoms with Crippen LogP contribution in [0.4, 0.5) is 32.0 Å². The highest BCUT2D eigenvalue weighted by atomic mass is 19.4. The van der Waals surface area contributed by atoms with Gasteiger partial charge in [-0.15, -0.1) is 0 Å². The van der Waals surface area contributed by atoms with Crippen molar-refractivity contribution in [2.75, 3.05) is 31.5 Å². The zero-order valence-corrected chi connectivity index (χ0v) is 24.0. The van der Waals surface area contributed by atoms with Gasteiger partial charge in [0.2, 0.25) is 17.7 Å². The fourth-order valence-corrected chi connectivity index (χ4v) is 4.23. The zero-order chi connectivity index (χ0) is 33.9. The Hall–Kier alpha value is -3.71. The standard InChI is InChI=1S/C27H35BF6N6O5/c29-26(30,31)17-4-1-16(2-5-17)3-7-22(39-24(42)21(37)6-8-23(41)40(11-9-35)12-10-36)25(43)38-20-14-18(27(32,33)34)13-19(15-20)28(44)45/h1-2,4-5,13-15,21-22,44-45H,3,6-12,35-37H2,(H,38,43)(H,39,42). The molecule has 2 unspecified atom stereocenters. The third kappa shape index (κ3) is 12.0. The largest absolute Gasteiger partial charge is 0.488 e. The minimum atomic E-state index is -4.91. The van der Waals surface area contributed by atoms with Gasteiger partial charge in [-0.2, -0.15) is 26.3 Å². The number of benzene rings is 2. The van der Waals surface area contributed by atoms with E-state index < -0.39 is 65.6 Å². The summed E-state index contributed by atoms with van der Waals surface area (Å²) in [5, 5.41) is 23.4. The summed E-state index contributed by atoms with van der Waals surface area (Å²) in [4.78, 5) is 40.0. The van der Waals surface area contributed by atoms with Crippen LogP contribution in [0.3, 0.4) is 0 Å². The summed E-state index contributed by atoms with van der Waals surface area (Å²) in [6.45, 7) is 0.819. The van der Waals surface area contributed by atoms with Gasteiger partial charge in [-0.1, -0.05) is 18.2 Å². The number of aryl methyl sites for hydroxylation is 1. The molecule has 0 heterocycles. The first-order chi connectivity index (χ1) is 21.0. The second-order valence-electron chi connectivity index (χ2n) is 10.1. The number of carbonyl (C=O) groups excluding carboxylic acids is 3. The second kappa shape index (κ2) is 16.6. The monoisotopic (exact) mass is 648 g/mol. The van der Waals surface area contributed by atoms with E-state index in [9.17, 15) is 50.8 Å². The molecule has 2 rings (SSSR count). The van der Waals surface area contributed by atoms with Crippen molar-refractivity contribution < 1.29 is 50.8 Å². The van der Waals surface area contributed by atoms with Crippen molar-refractivity contribution >= 4 is 36.0 Å². The summed E-state index contributed by atoms with van der Waals surface area (Å²) >= 11 is 0. The molecular weight excluding hydrogens is 613 g/mol. The van der Waals surface area contributed by atoms with Crippen molar-refractivity contribution in [1.29, 1.82) is 0 Å². The van der Waals surface area contributed by atoms with Gasteiger partial charge in [-0.25, -0.2) is 0 Å². The summed E-state index contributed by atoms with van der Waals surface area (Å²) in [7, 11) is -2.30. The number of nitrogens with one attached hydrogen (secondary N) is 2. The fraction of sp³-hybridized carbons (Fsp3) is 0.444. The molecule has 0 aromatic heterocycles. The number of rotatable bonds is 15. The Morgan fingerprint density at radius 1 is 0.844 bits per heavy atom. The Morgan fingerprint density at radius 2 is 1.42 bits per heavy atom. The van der Waals surface area contributed by atoms with E-state index in [1.165, 1.54) is 17.0 Å². The van der Waals surface area contributed by atoms with Gasteiger partial charge in [-0.05, 0) is 54.6 Å². The third-order valence-corrected chi connectivity index (χ3v) is 6.64. The number of nitrogens with zero attached hydrogens (tertiary/aromatic N) is 1. The molecule has 248 valence electrons. The fourth-order valence-electron chi connectivity index (χ4n) is 4.23. The number of hydrogen-bond donors (Lipinski definition) is 7. The molecule has 0 spiro atoms. The van der Waals surface area contributed by atoms with E-state index in [1.807, 2.05) is 0 Å². The van der Waals surface area contributed by atoms with Gasteiger partial charge >= 0.3 is 19.5 Å². The van der Waals surface area contributed by atoms with Crippen molar-refractivity contribution in [2.45, 2.75) is 50.1 Å². The number of hydrogen-bond acceptors (Lipinski definition) is 8. The molecule has 0 radical (unpaired) electrons. The first kappa shape index (κ1) is 37.5. The number of anilines is 1. The molecule has 2 aromatic rings. The summed E-state index contributed by atoms with van der Waals surface area (Å²) < 4.78 is 79.0. The molecule has 2 aromatic carbocycles. The number of carbonyl (C=O) groups is 3. The maximum atomic E-state index is 13.4. The Bertz CT molecular complexity index is 1290. The number of alkyl halides is 6. The summed E-state index contributed by atoms with van der Waals surface area (Å²) in [5.74, 6) is -2.26. The first-order valence-corrected chi connectivity index (χ1v) is 13.8. The van der Waals surface area contributed by atoms with Crippen LogP contribution in [0.15, 0.2) is 42.5 Å². The molecule has 0 aliphatic carbocycles. The van der Waals surface area contributed by atoms with E-state index in [2.05, 4.69) is 10.6 Å². The molecule has 11 nitrogen and oxygen atoms in total. The molecule has 10 N–H and O–H groups in total. The van der Waals surface area contributed by atoms with Gasteiger partial charge in [0.05, 0.1) is 17.2 Å². The highest BCUT2D eigenvalue weighted by Crippen LogP contribution is 2.31. The lowest BCUT2D eigenvalue weighted by atomic mass is 9.79. The van der Waals surface area contributed by atoms with Gasteiger partial charge in [0, 0.05) is 38.3 Å². The number of halogens is 6. The predicted molar refractivity (Wildman–Crippen MR) is 153 cm³/mol. The molecule has 0 saturated carbocycles. The van der Waals surface area contributed by atoms with Crippen molar-refractivity contribution in [1.82, 2.24) is 10.2 Å². The van der Waals surface area contributed by atoms with Crippen molar-refractivity contribution in [3.05, 3.63) is 59.2 Å². The Morgan fingerprint density at radius 3 is 1.93 bits per heavy atom. The lowest BCUT2D eigenvalue weighted by Crippen LogP contribution is -2.50. The molecule has 0 aliphatic rings. The lowest BCUT2D eigenvalue weighted by molar-refractivity contribution is -0.138. The van der Waals surface area contributed by atoms with E-state index in [1.54, 1.807) is 0 Å². The quantitative estimate of drug-likeness (QED) is 0.106. The molecule has 0 fully saturated rings. The predicted octanol–water partition coefficient (Wildman–Crippen LogP) is 0.314. The van der Waals surface area contributed by atoms with E-state index in [0.717, 1.165) is 18.2 Å². The molecule has 0 saturated heterocycles. The first-order valence-electron chi connectivity index (χ1n) is 13.8. The summed E-state index contributed by atoms with van der Waals surface area (Å²) in [6, 6.07) is 3.18. The highest BCUT2D eigenvalue weighted by Gasteiger charge is 2.33. The normalized spacial score (nSPS) is 13.1. The van der Waals surface area contributed by atoms with Crippen LogP contribution in [0, 0.1) is 0 Å². The van der Waals surface area contributed by atoms with E-state index in [0.29, 0.717) is 17.7 Å². The molecule has 2 atom stereocenters. The average molecular weight is 648 g/mol. The maximum absolute atomic E-state index is 13.4.